The van der Waals surface area contributed by atoms with Crippen LogP contribution in [-0.4, -0.2) is 16.3 Å². The Morgan fingerprint density at radius 3 is 2.94 bits per heavy atom. The molecule has 4 heteroatoms. The SMILES string of the molecule is CC1CCC(N)C(Sc2ccc(Br)cn2)C1. The average Bonchev–Trinajstić information content (AvgIpc) is 2.27. The molecule has 1 aliphatic rings. The highest BCUT2D eigenvalue weighted by Gasteiger charge is 2.26. The molecule has 0 aliphatic heterocycles. The zero-order valence-electron chi connectivity index (χ0n) is 9.40. The summed E-state index contributed by atoms with van der Waals surface area (Å²) < 4.78 is 1.03. The number of hydrogen-bond acceptors (Lipinski definition) is 3. The van der Waals surface area contributed by atoms with E-state index >= 15 is 0 Å². The third-order valence-corrected chi connectivity index (χ3v) is 4.87. The van der Waals surface area contributed by atoms with Crippen molar-refractivity contribution in [3.05, 3.63) is 22.8 Å². The predicted molar refractivity (Wildman–Crippen MR) is 72.6 cm³/mol. The summed E-state index contributed by atoms with van der Waals surface area (Å²) in [4.78, 5) is 4.39. The van der Waals surface area contributed by atoms with E-state index in [1.807, 2.05) is 24.0 Å². The van der Waals surface area contributed by atoms with E-state index in [9.17, 15) is 0 Å². The fourth-order valence-corrected chi connectivity index (χ4v) is 3.62. The molecule has 1 aromatic rings. The first kappa shape index (κ1) is 12.4. The Balaban J connectivity index is 2.00. The molecule has 88 valence electrons. The smallest absolute Gasteiger partial charge is 0.0963 e. The van der Waals surface area contributed by atoms with Crippen LogP contribution in [0.25, 0.3) is 0 Å². The van der Waals surface area contributed by atoms with E-state index in [0.29, 0.717) is 11.3 Å². The van der Waals surface area contributed by atoms with Crippen LogP contribution in [0.3, 0.4) is 0 Å². The summed E-state index contributed by atoms with van der Waals surface area (Å²) in [5, 5.41) is 1.61. The number of nitrogens with two attached hydrogens (primary N) is 1. The van der Waals surface area contributed by atoms with E-state index in [2.05, 4.69) is 33.9 Å². The summed E-state index contributed by atoms with van der Waals surface area (Å²) >= 11 is 5.22. The second-order valence-electron chi connectivity index (χ2n) is 4.55. The minimum Gasteiger partial charge on any atom is -0.327 e. The van der Waals surface area contributed by atoms with E-state index in [1.54, 1.807) is 0 Å². The van der Waals surface area contributed by atoms with Crippen molar-refractivity contribution >= 4 is 27.7 Å². The first-order valence-corrected chi connectivity index (χ1v) is 7.36. The molecule has 2 N–H and O–H groups in total. The Morgan fingerprint density at radius 1 is 1.44 bits per heavy atom. The second-order valence-corrected chi connectivity index (χ2v) is 6.73. The summed E-state index contributed by atoms with van der Waals surface area (Å²) in [6.07, 6.45) is 5.48. The van der Waals surface area contributed by atoms with Crippen LogP contribution < -0.4 is 5.73 Å². The molecule has 1 fully saturated rings. The lowest BCUT2D eigenvalue weighted by atomic mass is 9.87. The fraction of sp³-hybridized carbons (Fsp3) is 0.583. The highest BCUT2D eigenvalue weighted by molar-refractivity contribution is 9.10. The van der Waals surface area contributed by atoms with Gasteiger partial charge in [0.2, 0.25) is 0 Å². The van der Waals surface area contributed by atoms with Gasteiger partial charge in [-0.15, -0.1) is 11.8 Å². The van der Waals surface area contributed by atoms with Gasteiger partial charge in [0, 0.05) is 22.0 Å². The third kappa shape index (κ3) is 3.22. The maximum atomic E-state index is 6.16. The first-order chi connectivity index (χ1) is 7.65. The molecule has 1 aliphatic carbocycles. The lowest BCUT2D eigenvalue weighted by Gasteiger charge is -2.31. The Morgan fingerprint density at radius 2 is 2.25 bits per heavy atom. The van der Waals surface area contributed by atoms with E-state index < -0.39 is 0 Å². The molecule has 0 bridgehead atoms. The van der Waals surface area contributed by atoms with Crippen LogP contribution in [0.5, 0.6) is 0 Å². The van der Waals surface area contributed by atoms with Crippen molar-refractivity contribution in [2.24, 2.45) is 11.7 Å². The number of hydrogen-bond donors (Lipinski definition) is 1. The first-order valence-electron chi connectivity index (χ1n) is 5.69. The summed E-state index contributed by atoms with van der Waals surface area (Å²) in [7, 11) is 0. The molecule has 2 nitrogen and oxygen atoms in total. The molecule has 1 heterocycles. The van der Waals surface area contributed by atoms with Crippen molar-refractivity contribution in [2.45, 2.75) is 42.5 Å². The molecule has 3 atom stereocenters. The van der Waals surface area contributed by atoms with E-state index in [1.165, 1.54) is 12.8 Å². The van der Waals surface area contributed by atoms with Gasteiger partial charge in [-0.05, 0) is 53.2 Å². The second kappa shape index (κ2) is 5.52. The van der Waals surface area contributed by atoms with Crippen molar-refractivity contribution in [1.29, 1.82) is 0 Å². The maximum absolute atomic E-state index is 6.16. The lowest BCUT2D eigenvalue weighted by molar-refractivity contribution is 0.357. The number of pyridine rings is 1. The van der Waals surface area contributed by atoms with Crippen LogP contribution in [-0.2, 0) is 0 Å². The zero-order valence-corrected chi connectivity index (χ0v) is 11.8. The third-order valence-electron chi connectivity index (χ3n) is 3.08. The molecular weight excluding hydrogens is 284 g/mol. The summed E-state index contributed by atoms with van der Waals surface area (Å²) in [6, 6.07) is 4.42. The zero-order chi connectivity index (χ0) is 11.5. The van der Waals surface area contributed by atoms with Gasteiger partial charge in [-0.25, -0.2) is 4.98 Å². The Labute approximate surface area is 110 Å². The number of halogens is 1. The molecule has 16 heavy (non-hydrogen) atoms. The van der Waals surface area contributed by atoms with Crippen molar-refractivity contribution in [1.82, 2.24) is 4.98 Å². The molecule has 2 rings (SSSR count). The van der Waals surface area contributed by atoms with Crippen LogP contribution in [0.1, 0.15) is 26.2 Å². The highest BCUT2D eigenvalue weighted by atomic mass is 79.9. The Bertz CT molecular complexity index is 341. The predicted octanol–water partition coefficient (Wildman–Crippen LogP) is 3.45. The van der Waals surface area contributed by atoms with Gasteiger partial charge in [-0.3, -0.25) is 0 Å². The molecular formula is C12H17BrN2S. The van der Waals surface area contributed by atoms with Gasteiger partial charge in [0.25, 0.3) is 0 Å². The normalized spacial score (nSPS) is 30.3. The van der Waals surface area contributed by atoms with Crippen LogP contribution in [0.15, 0.2) is 27.8 Å². The van der Waals surface area contributed by atoms with Gasteiger partial charge < -0.3 is 5.73 Å². The molecule has 0 radical (unpaired) electrons. The van der Waals surface area contributed by atoms with Gasteiger partial charge in [0.1, 0.15) is 0 Å². The molecule has 0 spiro atoms. The average molecular weight is 301 g/mol. The van der Waals surface area contributed by atoms with Crippen LogP contribution in [0.4, 0.5) is 0 Å². The van der Waals surface area contributed by atoms with Crippen molar-refractivity contribution in [3.63, 3.8) is 0 Å². The maximum Gasteiger partial charge on any atom is 0.0963 e. The molecule has 0 saturated heterocycles. The number of aromatic nitrogens is 1. The molecule has 0 amide bonds. The fourth-order valence-electron chi connectivity index (χ4n) is 2.07. The molecule has 3 unspecified atom stereocenters. The van der Waals surface area contributed by atoms with Gasteiger partial charge in [0.05, 0.1) is 5.03 Å². The van der Waals surface area contributed by atoms with E-state index in [-0.39, 0.29) is 0 Å². The standard InChI is InChI=1S/C12H17BrN2S/c1-8-2-4-10(14)11(6-8)16-12-5-3-9(13)7-15-12/h3,5,7-8,10-11H,2,4,6,14H2,1H3. The topological polar surface area (TPSA) is 38.9 Å². The lowest BCUT2D eigenvalue weighted by Crippen LogP contribution is -2.37. The minimum absolute atomic E-state index is 0.326. The molecule has 1 saturated carbocycles. The number of rotatable bonds is 2. The monoisotopic (exact) mass is 300 g/mol. The number of thioether (sulfide) groups is 1. The van der Waals surface area contributed by atoms with Gasteiger partial charge >= 0.3 is 0 Å². The summed E-state index contributed by atoms with van der Waals surface area (Å²) in [5.41, 5.74) is 6.16. The highest BCUT2D eigenvalue weighted by Crippen LogP contribution is 2.34. The Kier molecular flexibility index (Phi) is 4.27. The van der Waals surface area contributed by atoms with Gasteiger partial charge in [-0.2, -0.15) is 0 Å². The van der Waals surface area contributed by atoms with Crippen molar-refractivity contribution in [3.8, 4) is 0 Å². The van der Waals surface area contributed by atoms with Crippen molar-refractivity contribution in [2.75, 3.05) is 0 Å². The quantitative estimate of drug-likeness (QED) is 0.909. The minimum atomic E-state index is 0.326. The van der Waals surface area contributed by atoms with Gasteiger partial charge in [0.15, 0.2) is 0 Å². The van der Waals surface area contributed by atoms with Crippen LogP contribution in [0, 0.1) is 5.92 Å². The van der Waals surface area contributed by atoms with E-state index in [0.717, 1.165) is 21.8 Å². The summed E-state index contributed by atoms with van der Waals surface area (Å²) in [6.45, 7) is 2.31. The van der Waals surface area contributed by atoms with Gasteiger partial charge in [-0.1, -0.05) is 6.92 Å². The Hall–Kier alpha value is -0.0600. The summed E-state index contributed by atoms with van der Waals surface area (Å²) in [5.74, 6) is 0.799. The molecule has 1 aromatic heterocycles. The van der Waals surface area contributed by atoms with Crippen molar-refractivity contribution < 1.29 is 0 Å². The van der Waals surface area contributed by atoms with E-state index in [4.69, 9.17) is 5.73 Å². The van der Waals surface area contributed by atoms with Crippen LogP contribution in [0.2, 0.25) is 0 Å². The molecule has 0 aromatic carbocycles. The largest absolute Gasteiger partial charge is 0.327 e. The van der Waals surface area contributed by atoms with Crippen LogP contribution >= 0.6 is 27.7 Å². The number of nitrogens with zero attached hydrogens (tertiary/aromatic N) is 1.